The number of hydrogen-bond acceptors (Lipinski definition) is 3. The van der Waals surface area contributed by atoms with Gasteiger partial charge in [-0.1, -0.05) is 63.9 Å². The molecule has 2 fully saturated rings. The van der Waals surface area contributed by atoms with Crippen LogP contribution in [0, 0.1) is 17.8 Å². The Balaban J connectivity index is 1.78. The van der Waals surface area contributed by atoms with Crippen molar-refractivity contribution < 1.29 is 14.3 Å². The molecule has 0 N–H and O–H groups in total. The average Bonchev–Trinajstić information content (AvgIpc) is 2.62. The molecule has 0 saturated heterocycles. The van der Waals surface area contributed by atoms with Crippen LogP contribution in [-0.4, -0.2) is 17.9 Å². The average molecular weight is 357 g/mol. The number of esters is 1. The summed E-state index contributed by atoms with van der Waals surface area (Å²) in [6.45, 7) is 6.75. The number of carbonyl (C=O) groups is 2. The normalized spacial score (nSPS) is 30.0. The molecule has 1 aromatic carbocycles. The van der Waals surface area contributed by atoms with Crippen LogP contribution in [0.5, 0.6) is 0 Å². The maximum Gasteiger partial charge on any atom is 0.316 e. The van der Waals surface area contributed by atoms with Crippen LogP contribution in [0.1, 0.15) is 71.3 Å². The van der Waals surface area contributed by atoms with Crippen LogP contribution in [-0.2, 0) is 19.7 Å². The fraction of sp³-hybridized carbons (Fsp3) is 0.652. The number of benzene rings is 1. The van der Waals surface area contributed by atoms with Gasteiger partial charge in [0.2, 0.25) is 0 Å². The molecule has 0 amide bonds. The van der Waals surface area contributed by atoms with E-state index in [1.807, 2.05) is 6.07 Å². The van der Waals surface area contributed by atoms with Crippen molar-refractivity contribution in [2.45, 2.75) is 77.2 Å². The fourth-order valence-corrected chi connectivity index (χ4v) is 4.83. The van der Waals surface area contributed by atoms with Crippen molar-refractivity contribution in [1.82, 2.24) is 0 Å². The first-order chi connectivity index (χ1) is 12.4. The van der Waals surface area contributed by atoms with E-state index in [0.29, 0.717) is 18.8 Å². The minimum Gasteiger partial charge on any atom is -0.461 e. The topological polar surface area (TPSA) is 43.4 Å². The Bertz CT molecular complexity index is 634. The van der Waals surface area contributed by atoms with Gasteiger partial charge in [-0.3, -0.25) is 9.59 Å². The van der Waals surface area contributed by atoms with Crippen LogP contribution >= 0.6 is 0 Å². The van der Waals surface area contributed by atoms with Gasteiger partial charge in [0, 0.05) is 12.3 Å². The quantitative estimate of drug-likeness (QED) is 0.559. The Morgan fingerprint density at radius 2 is 1.81 bits per heavy atom. The highest BCUT2D eigenvalue weighted by Crippen LogP contribution is 2.44. The summed E-state index contributed by atoms with van der Waals surface area (Å²) < 4.78 is 6.03. The van der Waals surface area contributed by atoms with Gasteiger partial charge < -0.3 is 4.74 Å². The molecular weight excluding hydrogens is 324 g/mol. The molecule has 0 bridgehead atoms. The van der Waals surface area contributed by atoms with E-state index in [4.69, 9.17) is 4.74 Å². The molecule has 0 aromatic heterocycles. The summed E-state index contributed by atoms with van der Waals surface area (Å²) in [6, 6.07) is 10.5. The van der Waals surface area contributed by atoms with Gasteiger partial charge in [0.25, 0.3) is 0 Å². The van der Waals surface area contributed by atoms with Gasteiger partial charge >= 0.3 is 5.97 Å². The Labute approximate surface area is 157 Å². The number of hydrogen-bond donors (Lipinski definition) is 0. The lowest BCUT2D eigenvalue weighted by molar-refractivity contribution is -0.164. The zero-order valence-corrected chi connectivity index (χ0v) is 16.4. The lowest BCUT2D eigenvalue weighted by atomic mass is 9.64. The number of Topliss-reactive ketones (excluding diaryl/α,β-unsaturated/α-hetero) is 1. The minimum absolute atomic E-state index is 0.0665. The first-order valence-electron chi connectivity index (χ1n) is 10.2. The first-order valence-corrected chi connectivity index (χ1v) is 10.2. The van der Waals surface area contributed by atoms with Crippen molar-refractivity contribution in [3.8, 4) is 0 Å². The van der Waals surface area contributed by atoms with Crippen LogP contribution in [0.25, 0.3) is 0 Å². The van der Waals surface area contributed by atoms with Crippen molar-refractivity contribution in [3.63, 3.8) is 0 Å². The van der Waals surface area contributed by atoms with Crippen LogP contribution in [0.3, 0.4) is 0 Å². The SMILES string of the molecule is C[C@@H]1CC[C@@H](C(C)(C)c2ccccc2)[C@H](OC(=O)C2CCCCC2=O)C1. The second-order valence-electron chi connectivity index (χ2n) is 8.85. The van der Waals surface area contributed by atoms with Crippen molar-refractivity contribution >= 4 is 11.8 Å². The van der Waals surface area contributed by atoms with Gasteiger partial charge in [-0.25, -0.2) is 0 Å². The highest BCUT2D eigenvalue weighted by Gasteiger charge is 2.43. The highest BCUT2D eigenvalue weighted by molar-refractivity contribution is 5.99. The van der Waals surface area contributed by atoms with Gasteiger partial charge in [0.1, 0.15) is 17.8 Å². The van der Waals surface area contributed by atoms with Gasteiger partial charge in [-0.05, 0) is 42.6 Å². The number of ketones is 1. The highest BCUT2D eigenvalue weighted by atomic mass is 16.5. The first kappa shape index (κ1) is 19.1. The molecular formula is C23H32O3. The predicted molar refractivity (Wildman–Crippen MR) is 103 cm³/mol. The third-order valence-corrected chi connectivity index (χ3v) is 6.61. The molecule has 3 heteroatoms. The van der Waals surface area contributed by atoms with Crippen molar-refractivity contribution in [2.75, 3.05) is 0 Å². The summed E-state index contributed by atoms with van der Waals surface area (Å²) in [4.78, 5) is 24.9. The van der Waals surface area contributed by atoms with Crippen molar-refractivity contribution in [1.29, 1.82) is 0 Å². The molecule has 2 saturated carbocycles. The van der Waals surface area contributed by atoms with Gasteiger partial charge in [0.15, 0.2) is 0 Å². The second-order valence-corrected chi connectivity index (χ2v) is 8.85. The Hall–Kier alpha value is -1.64. The fourth-order valence-electron chi connectivity index (χ4n) is 4.83. The van der Waals surface area contributed by atoms with E-state index < -0.39 is 5.92 Å². The third kappa shape index (κ3) is 4.02. The molecule has 1 aromatic rings. The van der Waals surface area contributed by atoms with Crippen LogP contribution < -0.4 is 0 Å². The number of carbonyl (C=O) groups excluding carboxylic acids is 2. The largest absolute Gasteiger partial charge is 0.461 e. The maximum atomic E-state index is 12.7. The third-order valence-electron chi connectivity index (χ3n) is 6.61. The minimum atomic E-state index is -0.526. The molecule has 0 heterocycles. The van der Waals surface area contributed by atoms with E-state index >= 15 is 0 Å². The molecule has 1 unspecified atom stereocenters. The summed E-state index contributed by atoms with van der Waals surface area (Å²) in [5.41, 5.74) is 1.22. The Morgan fingerprint density at radius 1 is 1.08 bits per heavy atom. The monoisotopic (exact) mass is 356 g/mol. The maximum absolute atomic E-state index is 12.7. The molecule has 26 heavy (non-hydrogen) atoms. The summed E-state index contributed by atoms with van der Waals surface area (Å²) in [5.74, 6) is 0.106. The molecule has 142 valence electrons. The molecule has 0 radical (unpaired) electrons. The second kappa shape index (κ2) is 7.94. The molecule has 2 aliphatic carbocycles. The molecule has 3 rings (SSSR count). The molecule has 0 spiro atoms. The Morgan fingerprint density at radius 3 is 2.50 bits per heavy atom. The van der Waals surface area contributed by atoms with Crippen LogP contribution in [0.15, 0.2) is 30.3 Å². The van der Waals surface area contributed by atoms with E-state index in [1.54, 1.807) is 0 Å². The van der Waals surface area contributed by atoms with E-state index in [9.17, 15) is 9.59 Å². The number of ether oxygens (including phenoxy) is 1. The summed E-state index contributed by atoms with van der Waals surface area (Å²) in [6.07, 6.45) is 6.06. The van der Waals surface area contributed by atoms with Crippen LogP contribution in [0.2, 0.25) is 0 Å². The summed E-state index contributed by atoms with van der Waals surface area (Å²) in [5, 5.41) is 0. The van der Waals surface area contributed by atoms with E-state index in [0.717, 1.165) is 32.1 Å². The molecule has 0 aliphatic heterocycles. The smallest absolute Gasteiger partial charge is 0.316 e. The molecule has 4 atom stereocenters. The lowest BCUT2D eigenvalue weighted by Crippen LogP contribution is -2.45. The van der Waals surface area contributed by atoms with Crippen molar-refractivity contribution in [2.24, 2.45) is 17.8 Å². The molecule has 3 nitrogen and oxygen atoms in total. The van der Waals surface area contributed by atoms with Gasteiger partial charge in [-0.2, -0.15) is 0 Å². The number of rotatable bonds is 4. The molecule has 2 aliphatic rings. The zero-order valence-electron chi connectivity index (χ0n) is 16.4. The van der Waals surface area contributed by atoms with Gasteiger partial charge in [0.05, 0.1) is 0 Å². The lowest BCUT2D eigenvalue weighted by Gasteiger charge is -2.44. The Kier molecular flexibility index (Phi) is 5.84. The van der Waals surface area contributed by atoms with Crippen LogP contribution in [0.4, 0.5) is 0 Å². The standard InChI is InChI=1S/C23H32O3/c1-16-13-14-19(23(2,3)17-9-5-4-6-10-17)21(15-16)26-22(25)18-11-7-8-12-20(18)24/h4-6,9-10,16,18-19,21H,7-8,11-15H2,1-3H3/t16-,18?,19-,21-/m1/s1. The summed E-state index contributed by atoms with van der Waals surface area (Å²) in [7, 11) is 0. The van der Waals surface area contributed by atoms with E-state index in [2.05, 4.69) is 45.0 Å². The van der Waals surface area contributed by atoms with E-state index in [-0.39, 0.29) is 29.2 Å². The van der Waals surface area contributed by atoms with Gasteiger partial charge in [-0.15, -0.1) is 0 Å². The zero-order chi connectivity index (χ0) is 18.7. The van der Waals surface area contributed by atoms with Crippen molar-refractivity contribution in [3.05, 3.63) is 35.9 Å². The van der Waals surface area contributed by atoms with E-state index in [1.165, 1.54) is 5.56 Å². The predicted octanol–water partition coefficient (Wildman–Crippen LogP) is 5.07. The summed E-state index contributed by atoms with van der Waals surface area (Å²) >= 11 is 0.